The number of thiophene rings is 1. The average Bonchev–Trinajstić information content (AvgIpc) is 3.10. The topological polar surface area (TPSA) is 111 Å². The van der Waals surface area contributed by atoms with E-state index in [0.717, 1.165) is 10.4 Å². The first-order chi connectivity index (χ1) is 11.3. The monoisotopic (exact) mass is 351 g/mol. The minimum atomic E-state index is -0.977. The summed E-state index contributed by atoms with van der Waals surface area (Å²) in [5, 5.41) is 15.8. The molecule has 0 aliphatic heterocycles. The highest BCUT2D eigenvalue weighted by atomic mass is 32.1. The summed E-state index contributed by atoms with van der Waals surface area (Å²) < 4.78 is 6.08. The summed E-state index contributed by atoms with van der Waals surface area (Å²) >= 11 is 1.28. The van der Waals surface area contributed by atoms with Crippen LogP contribution in [-0.4, -0.2) is 39.8 Å². The number of ether oxygens (including phenoxy) is 1. The van der Waals surface area contributed by atoms with E-state index in [4.69, 9.17) is 9.84 Å². The number of carboxylic acids is 1. The van der Waals surface area contributed by atoms with Crippen molar-refractivity contribution in [1.82, 2.24) is 9.78 Å². The number of amides is 1. The number of methoxy groups -OCH3 is 1. The molecule has 2 N–H and O–H groups in total. The van der Waals surface area contributed by atoms with E-state index in [1.807, 2.05) is 6.92 Å². The third-order valence-electron chi connectivity index (χ3n) is 3.49. The van der Waals surface area contributed by atoms with E-state index in [0.29, 0.717) is 10.6 Å². The third-order valence-corrected chi connectivity index (χ3v) is 4.61. The molecule has 0 atom stereocenters. The molecule has 0 saturated heterocycles. The zero-order chi connectivity index (χ0) is 17.9. The van der Waals surface area contributed by atoms with Crippen molar-refractivity contribution in [3.05, 3.63) is 34.0 Å². The average molecular weight is 351 g/mol. The highest BCUT2D eigenvalue weighted by Crippen LogP contribution is 2.33. The van der Waals surface area contributed by atoms with Crippen LogP contribution in [0.15, 0.2) is 12.3 Å². The number of carbonyl (C=O) groups excluding carboxylic acids is 2. The van der Waals surface area contributed by atoms with Crippen molar-refractivity contribution in [3.8, 4) is 0 Å². The molecular formula is C15H17N3O5S. The van der Waals surface area contributed by atoms with Gasteiger partial charge in [0.2, 0.25) is 0 Å². The van der Waals surface area contributed by atoms with E-state index in [1.165, 1.54) is 35.4 Å². The van der Waals surface area contributed by atoms with Gasteiger partial charge in [-0.05, 0) is 25.5 Å². The largest absolute Gasteiger partial charge is 0.481 e. The van der Waals surface area contributed by atoms with Gasteiger partial charge in [-0.2, -0.15) is 5.10 Å². The highest BCUT2D eigenvalue weighted by molar-refractivity contribution is 7.16. The van der Waals surface area contributed by atoms with Crippen molar-refractivity contribution < 1.29 is 24.2 Å². The maximum absolute atomic E-state index is 12.5. The van der Waals surface area contributed by atoms with Crippen LogP contribution in [0.25, 0.3) is 0 Å². The van der Waals surface area contributed by atoms with E-state index in [1.54, 1.807) is 6.92 Å². The van der Waals surface area contributed by atoms with Gasteiger partial charge >= 0.3 is 11.9 Å². The molecule has 2 rings (SSSR count). The Morgan fingerprint density at radius 2 is 2.08 bits per heavy atom. The summed E-state index contributed by atoms with van der Waals surface area (Å²) in [6.45, 7) is 3.71. The molecule has 2 aromatic rings. The van der Waals surface area contributed by atoms with Crippen molar-refractivity contribution in [3.63, 3.8) is 0 Å². The van der Waals surface area contributed by atoms with Crippen molar-refractivity contribution in [2.75, 3.05) is 12.4 Å². The van der Waals surface area contributed by atoms with Gasteiger partial charge in [0.15, 0.2) is 0 Å². The molecule has 0 saturated carbocycles. The molecular weight excluding hydrogens is 334 g/mol. The predicted molar refractivity (Wildman–Crippen MR) is 87.6 cm³/mol. The second kappa shape index (κ2) is 7.26. The smallest absolute Gasteiger partial charge is 0.341 e. The fourth-order valence-electron chi connectivity index (χ4n) is 2.14. The maximum atomic E-state index is 12.5. The standard InChI is InChI=1S/C15H17N3O5S/c1-8-9(2)24-14(12(8)15(22)23-3)17-13(21)10-4-6-16-18(10)7-5-11(19)20/h4,6H,5,7H2,1-3H3,(H,17,21)(H,19,20). The van der Waals surface area contributed by atoms with E-state index in [-0.39, 0.29) is 18.7 Å². The number of aryl methyl sites for hydroxylation is 2. The fraction of sp³-hybridized carbons (Fsp3) is 0.333. The van der Waals surface area contributed by atoms with Crippen molar-refractivity contribution in [2.24, 2.45) is 0 Å². The van der Waals surface area contributed by atoms with Crippen LogP contribution >= 0.6 is 11.3 Å². The van der Waals surface area contributed by atoms with Gasteiger partial charge in [-0.3, -0.25) is 14.3 Å². The Labute approximate surface area is 142 Å². The number of esters is 1. The molecule has 2 heterocycles. The number of nitrogens with one attached hydrogen (secondary N) is 1. The van der Waals surface area contributed by atoms with Gasteiger partial charge in [0, 0.05) is 11.1 Å². The number of hydrogen-bond donors (Lipinski definition) is 2. The first kappa shape index (κ1) is 17.7. The summed E-state index contributed by atoms with van der Waals surface area (Å²) in [5.74, 6) is -1.97. The van der Waals surface area contributed by atoms with Gasteiger partial charge in [0.1, 0.15) is 10.7 Å². The van der Waals surface area contributed by atoms with Crippen LogP contribution in [0.3, 0.4) is 0 Å². The summed E-state index contributed by atoms with van der Waals surface area (Å²) in [7, 11) is 1.28. The van der Waals surface area contributed by atoms with Gasteiger partial charge in [0.25, 0.3) is 5.91 Å². The Morgan fingerprint density at radius 3 is 2.71 bits per heavy atom. The molecule has 128 valence electrons. The van der Waals surface area contributed by atoms with E-state index in [9.17, 15) is 14.4 Å². The minimum Gasteiger partial charge on any atom is -0.481 e. The van der Waals surface area contributed by atoms with E-state index in [2.05, 4.69) is 10.4 Å². The lowest BCUT2D eigenvalue weighted by molar-refractivity contribution is -0.137. The Morgan fingerprint density at radius 1 is 1.38 bits per heavy atom. The SMILES string of the molecule is COC(=O)c1c(NC(=O)c2ccnn2CCC(=O)O)sc(C)c1C. The number of carboxylic acid groups (broad SMARTS) is 1. The maximum Gasteiger partial charge on any atom is 0.341 e. The molecule has 0 radical (unpaired) electrons. The summed E-state index contributed by atoms with van der Waals surface area (Å²) in [5.41, 5.74) is 1.29. The molecule has 8 nitrogen and oxygen atoms in total. The van der Waals surface area contributed by atoms with Gasteiger partial charge in [-0.1, -0.05) is 0 Å². The molecule has 0 aliphatic rings. The van der Waals surface area contributed by atoms with Crippen LogP contribution in [0, 0.1) is 13.8 Å². The Balaban J connectivity index is 2.25. The number of anilines is 1. The molecule has 9 heteroatoms. The highest BCUT2D eigenvalue weighted by Gasteiger charge is 2.23. The lowest BCUT2D eigenvalue weighted by atomic mass is 10.1. The molecule has 0 aliphatic carbocycles. The van der Waals surface area contributed by atoms with Crippen LogP contribution in [-0.2, 0) is 16.1 Å². The molecule has 1 amide bonds. The van der Waals surface area contributed by atoms with Crippen LogP contribution in [0.2, 0.25) is 0 Å². The fourth-order valence-corrected chi connectivity index (χ4v) is 3.18. The lowest BCUT2D eigenvalue weighted by Gasteiger charge is -2.08. The van der Waals surface area contributed by atoms with Gasteiger partial charge in [-0.15, -0.1) is 11.3 Å². The Kier molecular flexibility index (Phi) is 5.35. The normalized spacial score (nSPS) is 10.5. The zero-order valence-electron chi connectivity index (χ0n) is 13.5. The van der Waals surface area contributed by atoms with Gasteiger partial charge in [0.05, 0.1) is 25.6 Å². The van der Waals surface area contributed by atoms with E-state index < -0.39 is 17.8 Å². The zero-order valence-corrected chi connectivity index (χ0v) is 14.3. The van der Waals surface area contributed by atoms with Crippen molar-refractivity contribution in [1.29, 1.82) is 0 Å². The number of aliphatic carboxylic acids is 1. The number of rotatable bonds is 6. The van der Waals surface area contributed by atoms with Crippen LogP contribution in [0.4, 0.5) is 5.00 Å². The quantitative estimate of drug-likeness (QED) is 0.771. The summed E-state index contributed by atoms with van der Waals surface area (Å²) in [6, 6.07) is 1.49. The molecule has 0 aromatic carbocycles. The number of hydrogen-bond acceptors (Lipinski definition) is 6. The number of nitrogens with zero attached hydrogens (tertiary/aromatic N) is 2. The summed E-state index contributed by atoms with van der Waals surface area (Å²) in [4.78, 5) is 36.0. The molecule has 0 fully saturated rings. The minimum absolute atomic E-state index is 0.0808. The Bertz CT molecular complexity index is 793. The summed E-state index contributed by atoms with van der Waals surface area (Å²) in [6.07, 6.45) is 1.27. The molecule has 0 bridgehead atoms. The van der Waals surface area contributed by atoms with Gasteiger partial charge < -0.3 is 15.2 Å². The first-order valence-corrected chi connectivity index (χ1v) is 7.90. The Hall–Kier alpha value is -2.68. The van der Waals surface area contributed by atoms with Crippen LogP contribution in [0.1, 0.15) is 37.7 Å². The molecule has 2 aromatic heterocycles. The molecule has 24 heavy (non-hydrogen) atoms. The van der Waals surface area contributed by atoms with Gasteiger partial charge in [-0.25, -0.2) is 4.79 Å². The molecule has 0 spiro atoms. The van der Waals surface area contributed by atoms with Crippen molar-refractivity contribution in [2.45, 2.75) is 26.8 Å². The van der Waals surface area contributed by atoms with Crippen LogP contribution in [0.5, 0.6) is 0 Å². The third kappa shape index (κ3) is 3.62. The predicted octanol–water partition coefficient (Wildman–Crippen LogP) is 2.08. The van der Waals surface area contributed by atoms with Crippen LogP contribution < -0.4 is 5.32 Å². The van der Waals surface area contributed by atoms with Crippen molar-refractivity contribution >= 4 is 34.2 Å². The van der Waals surface area contributed by atoms with E-state index >= 15 is 0 Å². The first-order valence-electron chi connectivity index (χ1n) is 7.08. The lowest BCUT2D eigenvalue weighted by Crippen LogP contribution is -2.19. The molecule has 0 unspecified atom stereocenters. The second-order valence-corrected chi connectivity index (χ2v) is 6.24. The number of aromatic nitrogens is 2. The second-order valence-electron chi connectivity index (χ2n) is 5.02. The number of carbonyl (C=O) groups is 3.